The van der Waals surface area contributed by atoms with Crippen molar-refractivity contribution in [1.82, 2.24) is 5.32 Å². The molecule has 2 atom stereocenters. The summed E-state index contributed by atoms with van der Waals surface area (Å²) >= 11 is 0. The molecule has 2 nitrogen and oxygen atoms in total. The van der Waals surface area contributed by atoms with Gasteiger partial charge in [0.05, 0.1) is 5.92 Å². The number of nitrogens with one attached hydrogen (secondary N) is 1. The molecule has 0 saturated carbocycles. The normalized spacial score (nSPS) is 34.8. The zero-order valence-corrected chi connectivity index (χ0v) is 5.28. The van der Waals surface area contributed by atoms with Gasteiger partial charge < -0.3 is 11.1 Å². The Morgan fingerprint density at radius 2 is 1.90 bits per heavy atom. The Kier molecular flexibility index (Phi) is 1.87. The summed E-state index contributed by atoms with van der Waals surface area (Å²) in [4.78, 5) is 0. The zero-order chi connectivity index (χ0) is 7.78. The van der Waals surface area contributed by atoms with E-state index in [4.69, 9.17) is 5.73 Å². The molecular weight excluding hydrogens is 145 g/mol. The first-order valence-electron chi connectivity index (χ1n) is 3.05. The first kappa shape index (κ1) is 7.81. The first-order chi connectivity index (χ1) is 4.52. The highest BCUT2D eigenvalue weighted by atomic mass is 19.4. The molecular formula is C5H9F3N2. The first-order valence-corrected chi connectivity index (χ1v) is 3.05. The van der Waals surface area contributed by atoms with Crippen LogP contribution < -0.4 is 11.1 Å². The molecule has 5 heteroatoms. The van der Waals surface area contributed by atoms with Crippen LogP contribution in [-0.2, 0) is 0 Å². The van der Waals surface area contributed by atoms with Gasteiger partial charge in [0.25, 0.3) is 0 Å². The lowest BCUT2D eigenvalue weighted by Crippen LogP contribution is -2.38. The van der Waals surface area contributed by atoms with Gasteiger partial charge in [-0.3, -0.25) is 0 Å². The van der Waals surface area contributed by atoms with Crippen molar-refractivity contribution in [2.45, 2.75) is 12.2 Å². The molecule has 10 heavy (non-hydrogen) atoms. The zero-order valence-electron chi connectivity index (χ0n) is 5.28. The van der Waals surface area contributed by atoms with Gasteiger partial charge in [0.1, 0.15) is 0 Å². The second-order valence-electron chi connectivity index (χ2n) is 2.47. The van der Waals surface area contributed by atoms with E-state index in [-0.39, 0.29) is 13.1 Å². The van der Waals surface area contributed by atoms with Gasteiger partial charge in [-0.25, -0.2) is 0 Å². The summed E-state index contributed by atoms with van der Waals surface area (Å²) in [5, 5.41) is 2.58. The highest BCUT2D eigenvalue weighted by Crippen LogP contribution is 2.29. The van der Waals surface area contributed by atoms with Crippen molar-refractivity contribution >= 4 is 0 Å². The fraction of sp³-hybridized carbons (Fsp3) is 1.00. The number of alkyl halides is 3. The molecule has 1 saturated heterocycles. The summed E-state index contributed by atoms with van der Waals surface area (Å²) in [6.45, 7) is 0.231. The lowest BCUT2D eigenvalue weighted by Gasteiger charge is -2.17. The minimum absolute atomic E-state index is 0.0370. The minimum atomic E-state index is -4.14. The molecule has 0 amide bonds. The summed E-state index contributed by atoms with van der Waals surface area (Å²) < 4.78 is 35.7. The van der Waals surface area contributed by atoms with E-state index >= 15 is 0 Å². The molecule has 0 spiro atoms. The molecule has 0 aliphatic carbocycles. The van der Waals surface area contributed by atoms with E-state index in [2.05, 4.69) is 5.32 Å². The van der Waals surface area contributed by atoms with Crippen LogP contribution >= 0.6 is 0 Å². The van der Waals surface area contributed by atoms with Gasteiger partial charge in [-0.1, -0.05) is 0 Å². The smallest absolute Gasteiger partial charge is 0.326 e. The molecule has 0 unspecified atom stereocenters. The van der Waals surface area contributed by atoms with Gasteiger partial charge in [-0.15, -0.1) is 0 Å². The van der Waals surface area contributed by atoms with Crippen LogP contribution in [0.1, 0.15) is 0 Å². The van der Waals surface area contributed by atoms with Crippen LogP contribution in [0.15, 0.2) is 0 Å². The summed E-state index contributed by atoms with van der Waals surface area (Å²) in [6.07, 6.45) is -4.14. The maximum Gasteiger partial charge on any atom is 0.394 e. The van der Waals surface area contributed by atoms with Crippen molar-refractivity contribution in [2.75, 3.05) is 13.1 Å². The van der Waals surface area contributed by atoms with Crippen LogP contribution in [0.4, 0.5) is 13.2 Å². The largest absolute Gasteiger partial charge is 0.394 e. The second-order valence-corrected chi connectivity index (χ2v) is 2.47. The molecule has 0 aromatic carbocycles. The number of hydrogen-bond donors (Lipinski definition) is 2. The van der Waals surface area contributed by atoms with Crippen LogP contribution in [0.2, 0.25) is 0 Å². The molecule has 1 rings (SSSR count). The molecule has 1 fully saturated rings. The molecule has 60 valence electrons. The van der Waals surface area contributed by atoms with E-state index in [9.17, 15) is 13.2 Å². The van der Waals surface area contributed by atoms with Gasteiger partial charge in [-0.05, 0) is 0 Å². The molecule has 0 aromatic rings. The van der Waals surface area contributed by atoms with Crippen molar-refractivity contribution in [3.8, 4) is 0 Å². The lowest BCUT2D eigenvalue weighted by atomic mass is 10.1. The Labute approximate surface area is 56.6 Å². The predicted octanol–water partition coefficient (Wildman–Crippen LogP) is 0.0954. The fourth-order valence-corrected chi connectivity index (χ4v) is 1.06. The monoisotopic (exact) mass is 154 g/mol. The highest BCUT2D eigenvalue weighted by molar-refractivity contribution is 4.88. The van der Waals surface area contributed by atoms with Crippen molar-refractivity contribution in [3.63, 3.8) is 0 Å². The topological polar surface area (TPSA) is 38.0 Å². The molecule has 1 aliphatic heterocycles. The van der Waals surface area contributed by atoms with Crippen LogP contribution in [0.25, 0.3) is 0 Å². The van der Waals surface area contributed by atoms with Gasteiger partial charge in [-0.2, -0.15) is 13.2 Å². The predicted molar refractivity (Wildman–Crippen MR) is 30.4 cm³/mol. The Morgan fingerprint density at radius 1 is 1.30 bits per heavy atom. The number of rotatable bonds is 0. The van der Waals surface area contributed by atoms with Gasteiger partial charge >= 0.3 is 6.18 Å². The van der Waals surface area contributed by atoms with E-state index in [1.165, 1.54) is 0 Å². The molecule has 0 radical (unpaired) electrons. The van der Waals surface area contributed by atoms with Crippen molar-refractivity contribution in [2.24, 2.45) is 11.7 Å². The molecule has 3 N–H and O–H groups in total. The summed E-state index contributed by atoms with van der Waals surface area (Å²) in [5.74, 6) is -1.35. The molecule has 0 bridgehead atoms. The molecule has 0 aromatic heterocycles. The Morgan fingerprint density at radius 3 is 2.10 bits per heavy atom. The van der Waals surface area contributed by atoms with Gasteiger partial charge in [0, 0.05) is 19.1 Å². The average molecular weight is 154 g/mol. The van der Waals surface area contributed by atoms with E-state index in [0.29, 0.717) is 0 Å². The van der Waals surface area contributed by atoms with Crippen LogP contribution in [0, 0.1) is 5.92 Å². The standard InChI is InChI=1S/C5H9F3N2/c6-5(7,8)3-1-10-2-4(3)9/h3-4,10H,1-2,9H2/t3-,4-/m1/s1. The maximum atomic E-state index is 11.9. The SMILES string of the molecule is N[C@@H]1CNC[C@H]1C(F)(F)F. The fourth-order valence-electron chi connectivity index (χ4n) is 1.06. The second kappa shape index (κ2) is 2.39. The summed E-state index contributed by atoms with van der Waals surface area (Å²) in [7, 11) is 0. The van der Waals surface area contributed by atoms with Gasteiger partial charge in [0.2, 0.25) is 0 Å². The van der Waals surface area contributed by atoms with E-state index < -0.39 is 18.1 Å². The van der Waals surface area contributed by atoms with Gasteiger partial charge in [0.15, 0.2) is 0 Å². The Bertz CT molecular complexity index is 123. The van der Waals surface area contributed by atoms with Crippen LogP contribution in [0.3, 0.4) is 0 Å². The van der Waals surface area contributed by atoms with E-state index in [0.717, 1.165) is 0 Å². The van der Waals surface area contributed by atoms with Crippen LogP contribution in [-0.4, -0.2) is 25.3 Å². The Hall–Kier alpha value is -0.290. The van der Waals surface area contributed by atoms with E-state index in [1.807, 2.05) is 0 Å². The van der Waals surface area contributed by atoms with Crippen LogP contribution in [0.5, 0.6) is 0 Å². The average Bonchev–Trinajstić information content (AvgIpc) is 2.11. The Balaban J connectivity index is 2.55. The minimum Gasteiger partial charge on any atom is -0.326 e. The highest BCUT2D eigenvalue weighted by Gasteiger charge is 2.45. The molecule has 1 aliphatic rings. The number of hydrogen-bond acceptors (Lipinski definition) is 2. The summed E-state index contributed by atoms with van der Waals surface area (Å²) in [6, 6.07) is -0.764. The maximum absolute atomic E-state index is 11.9. The third-order valence-electron chi connectivity index (χ3n) is 1.68. The quantitative estimate of drug-likeness (QED) is 0.519. The van der Waals surface area contributed by atoms with Crippen molar-refractivity contribution < 1.29 is 13.2 Å². The number of nitrogens with two attached hydrogens (primary N) is 1. The van der Waals surface area contributed by atoms with Crippen molar-refractivity contribution in [1.29, 1.82) is 0 Å². The third-order valence-corrected chi connectivity index (χ3v) is 1.68. The number of halogens is 3. The third kappa shape index (κ3) is 1.41. The molecule has 1 heterocycles. The summed E-state index contributed by atoms with van der Waals surface area (Å²) in [5.41, 5.74) is 5.18. The lowest BCUT2D eigenvalue weighted by molar-refractivity contribution is -0.171. The van der Waals surface area contributed by atoms with Crippen molar-refractivity contribution in [3.05, 3.63) is 0 Å². The van der Waals surface area contributed by atoms with E-state index in [1.54, 1.807) is 0 Å².